The van der Waals surface area contributed by atoms with E-state index >= 15 is 0 Å². The SMILES string of the molecule is [2H]C([2H])([2H])OC[C@H](c1cnn2cc([C@@H](NC(=O)c3nonc3C)C3CCC(F)(F)CC3)nc2c1)N1C[C@@H](C(F)(F)F)NC1=O. The summed E-state index contributed by atoms with van der Waals surface area (Å²) in [7, 11) is -2.91. The summed E-state index contributed by atoms with van der Waals surface area (Å²) in [6, 6.07) is -4.04. The number of aryl methyl sites for hydroxylation is 1. The number of hydrogen-bond acceptors (Lipinski definition) is 8. The van der Waals surface area contributed by atoms with Crippen molar-refractivity contribution >= 4 is 17.6 Å². The highest BCUT2D eigenvalue weighted by Crippen LogP contribution is 2.41. The highest BCUT2D eigenvalue weighted by molar-refractivity contribution is 5.93. The summed E-state index contributed by atoms with van der Waals surface area (Å²) in [6.07, 6.45) is -2.72. The fraction of sp³-hybridized carbons (Fsp3) is 0.583. The number of halogens is 5. The number of ether oxygens (including phenoxy) is 1. The van der Waals surface area contributed by atoms with E-state index in [0.717, 1.165) is 4.90 Å². The zero-order valence-electron chi connectivity index (χ0n) is 24.5. The first-order chi connectivity index (χ1) is 20.5. The molecule has 3 aromatic heterocycles. The number of fused-ring (bicyclic) bond motifs is 1. The van der Waals surface area contributed by atoms with E-state index in [9.17, 15) is 31.5 Å². The quantitative estimate of drug-likeness (QED) is 0.382. The third-order valence-electron chi connectivity index (χ3n) is 7.40. The molecule has 1 saturated heterocycles. The molecule has 0 bridgehead atoms. The first kappa shape index (κ1) is 24.9. The Balaban J connectivity index is 1.47. The molecule has 3 amide bonds. The summed E-state index contributed by atoms with van der Waals surface area (Å²) in [6.45, 7) is 0.0147. The largest absolute Gasteiger partial charge is 0.410 e. The van der Waals surface area contributed by atoms with Crippen molar-refractivity contribution in [1.29, 1.82) is 0 Å². The molecule has 12 nitrogen and oxygen atoms in total. The van der Waals surface area contributed by atoms with Gasteiger partial charge in [0, 0.05) is 25.4 Å². The molecular weight excluding hydrogens is 559 g/mol. The van der Waals surface area contributed by atoms with Crippen LogP contribution in [0.1, 0.15) is 69.3 Å². The predicted octanol–water partition coefficient (Wildman–Crippen LogP) is 3.36. The molecule has 17 heteroatoms. The molecule has 2 N–H and O–H groups in total. The monoisotopic (exact) mass is 589 g/mol. The summed E-state index contributed by atoms with van der Waals surface area (Å²) in [5.74, 6) is -3.96. The maximum atomic E-state index is 14.0. The summed E-state index contributed by atoms with van der Waals surface area (Å²) >= 11 is 0. The number of nitrogens with one attached hydrogen (secondary N) is 2. The summed E-state index contributed by atoms with van der Waals surface area (Å²) < 4.78 is 101. The molecule has 0 aromatic carbocycles. The lowest BCUT2D eigenvalue weighted by molar-refractivity contribution is -0.150. The van der Waals surface area contributed by atoms with Crippen LogP contribution < -0.4 is 10.6 Å². The second-order valence-corrected chi connectivity index (χ2v) is 10.1. The van der Waals surface area contributed by atoms with E-state index in [0.29, 0.717) is 0 Å². The number of hydrogen-bond donors (Lipinski definition) is 2. The molecule has 3 atom stereocenters. The van der Waals surface area contributed by atoms with Crippen molar-refractivity contribution in [3.05, 3.63) is 41.1 Å². The van der Waals surface area contributed by atoms with Crippen molar-refractivity contribution in [3.63, 3.8) is 0 Å². The highest BCUT2D eigenvalue weighted by atomic mass is 19.4. The van der Waals surface area contributed by atoms with E-state index in [1.165, 1.54) is 29.9 Å². The first-order valence-electron chi connectivity index (χ1n) is 14.1. The van der Waals surface area contributed by atoms with Gasteiger partial charge in [-0.1, -0.05) is 5.16 Å². The number of carbonyl (C=O) groups excluding carboxylic acids is 2. The van der Waals surface area contributed by atoms with Crippen LogP contribution in [0.5, 0.6) is 0 Å². The topological polar surface area (TPSA) is 140 Å². The van der Waals surface area contributed by atoms with Gasteiger partial charge in [-0.2, -0.15) is 18.3 Å². The van der Waals surface area contributed by atoms with Gasteiger partial charge in [0.15, 0.2) is 11.3 Å². The molecule has 5 rings (SSSR count). The second-order valence-electron chi connectivity index (χ2n) is 10.1. The van der Waals surface area contributed by atoms with Crippen molar-refractivity contribution in [1.82, 2.24) is 40.4 Å². The summed E-state index contributed by atoms with van der Waals surface area (Å²) in [5, 5.41) is 16.0. The van der Waals surface area contributed by atoms with Crippen LogP contribution in [0.2, 0.25) is 0 Å². The molecule has 0 unspecified atom stereocenters. The van der Waals surface area contributed by atoms with Crippen LogP contribution in [0.25, 0.3) is 5.65 Å². The smallest absolute Gasteiger partial charge is 0.382 e. The minimum atomic E-state index is -4.75. The number of alkyl halides is 5. The molecule has 41 heavy (non-hydrogen) atoms. The third-order valence-corrected chi connectivity index (χ3v) is 7.40. The number of rotatable bonds is 8. The van der Waals surface area contributed by atoms with E-state index in [2.05, 4.69) is 30.3 Å². The predicted molar refractivity (Wildman–Crippen MR) is 129 cm³/mol. The Morgan fingerprint density at radius 3 is 2.73 bits per heavy atom. The number of urea groups is 1. The van der Waals surface area contributed by atoms with E-state index in [1.807, 2.05) is 5.32 Å². The van der Waals surface area contributed by atoms with Gasteiger partial charge in [-0.05, 0) is 36.9 Å². The lowest BCUT2D eigenvalue weighted by Gasteiger charge is -2.33. The van der Waals surface area contributed by atoms with Gasteiger partial charge in [-0.15, -0.1) is 0 Å². The normalized spacial score (nSPS) is 22.6. The molecule has 1 saturated carbocycles. The van der Waals surface area contributed by atoms with Gasteiger partial charge in [-0.25, -0.2) is 27.7 Å². The summed E-state index contributed by atoms with van der Waals surface area (Å²) in [4.78, 5) is 30.9. The van der Waals surface area contributed by atoms with Crippen LogP contribution in [0.3, 0.4) is 0 Å². The summed E-state index contributed by atoms with van der Waals surface area (Å²) in [5.41, 5.74) is 0.612. The molecule has 0 radical (unpaired) electrons. The third kappa shape index (κ3) is 5.94. The molecule has 4 heterocycles. The Kier molecular flexibility index (Phi) is 6.57. The average Bonchev–Trinajstić information content (AvgIpc) is 3.65. The van der Waals surface area contributed by atoms with Crippen molar-refractivity contribution in [2.24, 2.45) is 5.92 Å². The average molecular weight is 590 g/mol. The number of aromatic nitrogens is 5. The molecular formula is C24H27F5N8O4. The Labute approximate surface area is 233 Å². The van der Waals surface area contributed by atoms with Gasteiger partial charge in [0.2, 0.25) is 5.92 Å². The fourth-order valence-corrected chi connectivity index (χ4v) is 5.17. The van der Waals surface area contributed by atoms with Crippen molar-refractivity contribution < 1.29 is 45.0 Å². The van der Waals surface area contributed by atoms with E-state index in [4.69, 9.17) is 8.85 Å². The Morgan fingerprint density at radius 2 is 2.10 bits per heavy atom. The Bertz CT molecular complexity index is 1520. The first-order valence-corrected chi connectivity index (χ1v) is 12.6. The fourth-order valence-electron chi connectivity index (χ4n) is 5.17. The standard InChI is InChI=1S/C24H27F5N8O4/c1-12-19(35-41-34-12)21(38)33-20(13-3-5-23(25,26)6-4-13)15-9-37-18(31-15)7-14(8-30-37)16(11-40-2)36-10-17(24(27,28)29)32-22(36)39/h7-9,13,16-17,20H,3-6,10-11H2,1-2H3,(H,32,39)(H,33,38)/t16-,17+,20+/m1/s1/i2D3. The lowest BCUT2D eigenvalue weighted by Crippen LogP contribution is -2.40. The number of amides is 3. The molecule has 2 aliphatic rings. The molecule has 1 aliphatic carbocycles. The van der Waals surface area contributed by atoms with Crippen LogP contribution in [-0.4, -0.2) is 80.1 Å². The van der Waals surface area contributed by atoms with Gasteiger partial charge in [0.05, 0.1) is 47.4 Å². The van der Waals surface area contributed by atoms with Crippen molar-refractivity contribution in [2.75, 3.05) is 20.2 Å². The van der Waals surface area contributed by atoms with Gasteiger partial charge in [-0.3, -0.25) is 4.79 Å². The van der Waals surface area contributed by atoms with E-state index in [-0.39, 0.29) is 41.1 Å². The van der Waals surface area contributed by atoms with E-state index in [1.54, 1.807) is 0 Å². The number of carbonyl (C=O) groups is 2. The molecule has 0 spiro atoms. The van der Waals surface area contributed by atoms with Crippen LogP contribution in [-0.2, 0) is 4.74 Å². The maximum absolute atomic E-state index is 14.0. The maximum Gasteiger partial charge on any atom is 0.410 e. The van der Waals surface area contributed by atoms with Crippen LogP contribution in [0.15, 0.2) is 23.1 Å². The number of methoxy groups -OCH3 is 1. The van der Waals surface area contributed by atoms with Crippen LogP contribution >= 0.6 is 0 Å². The molecule has 222 valence electrons. The Morgan fingerprint density at radius 1 is 1.34 bits per heavy atom. The number of imidazole rings is 1. The minimum absolute atomic E-state index is 0.0690. The highest BCUT2D eigenvalue weighted by Gasteiger charge is 2.48. The lowest BCUT2D eigenvalue weighted by atomic mass is 9.81. The molecule has 2 fully saturated rings. The van der Waals surface area contributed by atoms with Crippen molar-refractivity contribution in [3.8, 4) is 0 Å². The zero-order chi connectivity index (χ0) is 32.0. The van der Waals surface area contributed by atoms with Gasteiger partial charge in [0.25, 0.3) is 5.91 Å². The second kappa shape index (κ2) is 10.8. The molecule has 1 aliphatic heterocycles. The van der Waals surface area contributed by atoms with Crippen LogP contribution in [0, 0.1) is 12.8 Å². The number of nitrogens with zero attached hydrogens (tertiary/aromatic N) is 6. The van der Waals surface area contributed by atoms with Crippen molar-refractivity contribution in [2.45, 2.75) is 62.8 Å². The Hall–Kier alpha value is -3.89. The van der Waals surface area contributed by atoms with Gasteiger partial charge < -0.3 is 20.3 Å². The zero-order valence-corrected chi connectivity index (χ0v) is 21.5. The molecule has 3 aromatic rings. The van der Waals surface area contributed by atoms with Crippen LogP contribution in [0.4, 0.5) is 26.7 Å². The van der Waals surface area contributed by atoms with E-state index < -0.39 is 81.1 Å². The van der Waals surface area contributed by atoms with Gasteiger partial charge in [0.1, 0.15) is 11.7 Å². The van der Waals surface area contributed by atoms with Gasteiger partial charge >= 0.3 is 12.2 Å². The minimum Gasteiger partial charge on any atom is -0.382 e.